The molecule has 0 bridgehead atoms. The van der Waals surface area contributed by atoms with E-state index >= 15 is 0 Å². The lowest BCUT2D eigenvalue weighted by Gasteiger charge is -2.06. The molecule has 2 N–H and O–H groups in total. The highest BCUT2D eigenvalue weighted by atomic mass is 16.5. The van der Waals surface area contributed by atoms with Crippen LogP contribution in [0.2, 0.25) is 0 Å². The Bertz CT molecular complexity index is 667. The molecule has 104 valence electrons. The van der Waals surface area contributed by atoms with Gasteiger partial charge >= 0.3 is 0 Å². The second-order valence-electron chi connectivity index (χ2n) is 4.70. The van der Waals surface area contributed by atoms with Gasteiger partial charge in [0, 0.05) is 6.54 Å². The normalized spacial score (nSPS) is 10.3. The standard InChI is InChI=1S/C15H18N4O/c1-4-19-14(17)13(8-16)15(18-19)20-9-12-6-5-10(2)11(3)7-12/h5-7H,4,9,17H2,1-3H3. The molecule has 2 aromatic rings. The largest absolute Gasteiger partial charge is 0.471 e. The number of anilines is 1. The Labute approximate surface area is 118 Å². The highest BCUT2D eigenvalue weighted by molar-refractivity contribution is 5.55. The van der Waals surface area contributed by atoms with E-state index in [-0.39, 0.29) is 0 Å². The van der Waals surface area contributed by atoms with Gasteiger partial charge in [0.25, 0.3) is 5.88 Å². The average Bonchev–Trinajstić information content (AvgIpc) is 2.75. The Morgan fingerprint density at radius 3 is 2.70 bits per heavy atom. The zero-order chi connectivity index (χ0) is 14.7. The van der Waals surface area contributed by atoms with Crippen molar-refractivity contribution in [3.05, 3.63) is 40.5 Å². The van der Waals surface area contributed by atoms with Gasteiger partial charge in [0.2, 0.25) is 0 Å². The molecule has 0 atom stereocenters. The van der Waals surface area contributed by atoms with E-state index in [0.29, 0.717) is 30.4 Å². The first-order chi connectivity index (χ1) is 9.56. The fraction of sp³-hybridized carbons (Fsp3) is 0.333. The van der Waals surface area contributed by atoms with Crippen LogP contribution in [0.5, 0.6) is 5.88 Å². The molecule has 0 amide bonds. The molecule has 0 saturated carbocycles. The SMILES string of the molecule is CCn1nc(OCc2ccc(C)c(C)c2)c(C#N)c1N. The lowest BCUT2D eigenvalue weighted by atomic mass is 10.1. The Balaban J connectivity index is 2.18. The summed E-state index contributed by atoms with van der Waals surface area (Å²) >= 11 is 0. The minimum atomic E-state index is 0.296. The number of rotatable bonds is 4. The molecule has 0 saturated heterocycles. The van der Waals surface area contributed by atoms with Gasteiger partial charge < -0.3 is 10.5 Å². The van der Waals surface area contributed by atoms with Crippen molar-refractivity contribution in [2.24, 2.45) is 0 Å². The van der Waals surface area contributed by atoms with Crippen LogP contribution in [-0.2, 0) is 13.2 Å². The smallest absolute Gasteiger partial charge is 0.253 e. The number of nitrogen functional groups attached to an aromatic ring is 1. The van der Waals surface area contributed by atoms with E-state index in [1.807, 2.05) is 19.1 Å². The van der Waals surface area contributed by atoms with Gasteiger partial charge in [-0.25, -0.2) is 4.68 Å². The summed E-state index contributed by atoms with van der Waals surface area (Å²) in [6.07, 6.45) is 0. The number of aromatic nitrogens is 2. The van der Waals surface area contributed by atoms with Gasteiger partial charge in [-0.3, -0.25) is 0 Å². The Morgan fingerprint density at radius 1 is 1.35 bits per heavy atom. The van der Waals surface area contributed by atoms with Gasteiger partial charge in [-0.2, -0.15) is 5.26 Å². The molecule has 1 aromatic heterocycles. The monoisotopic (exact) mass is 270 g/mol. The molecule has 1 aromatic carbocycles. The maximum absolute atomic E-state index is 9.12. The van der Waals surface area contributed by atoms with Crippen molar-refractivity contribution in [2.75, 3.05) is 5.73 Å². The molecule has 0 aliphatic heterocycles. The van der Waals surface area contributed by atoms with Gasteiger partial charge in [-0.1, -0.05) is 18.2 Å². The zero-order valence-corrected chi connectivity index (χ0v) is 12.0. The molecule has 2 rings (SSSR count). The summed E-state index contributed by atoms with van der Waals surface area (Å²) in [5, 5.41) is 13.3. The predicted molar refractivity (Wildman–Crippen MR) is 77.3 cm³/mol. The number of benzene rings is 1. The van der Waals surface area contributed by atoms with Crippen LogP contribution in [0.4, 0.5) is 5.82 Å². The van der Waals surface area contributed by atoms with E-state index in [9.17, 15) is 0 Å². The highest BCUT2D eigenvalue weighted by Crippen LogP contribution is 2.23. The Morgan fingerprint density at radius 2 is 2.10 bits per heavy atom. The maximum atomic E-state index is 9.12. The fourth-order valence-corrected chi connectivity index (χ4v) is 1.94. The van der Waals surface area contributed by atoms with Gasteiger partial charge in [0.1, 0.15) is 18.5 Å². The van der Waals surface area contributed by atoms with Crippen LogP contribution in [0.1, 0.15) is 29.2 Å². The summed E-state index contributed by atoms with van der Waals surface area (Å²) in [7, 11) is 0. The van der Waals surface area contributed by atoms with Crippen LogP contribution in [0.15, 0.2) is 18.2 Å². The van der Waals surface area contributed by atoms with Crippen molar-refractivity contribution >= 4 is 5.82 Å². The molecule has 0 unspecified atom stereocenters. The Kier molecular flexibility index (Phi) is 3.94. The summed E-state index contributed by atoms with van der Waals surface area (Å²) in [5.74, 6) is 0.648. The van der Waals surface area contributed by atoms with Gasteiger partial charge in [0.15, 0.2) is 5.56 Å². The minimum absolute atomic E-state index is 0.296. The lowest BCUT2D eigenvalue weighted by molar-refractivity contribution is 0.289. The van der Waals surface area contributed by atoms with Crippen molar-refractivity contribution in [3.63, 3.8) is 0 Å². The van der Waals surface area contributed by atoms with Crippen LogP contribution >= 0.6 is 0 Å². The third kappa shape index (κ3) is 2.59. The van der Waals surface area contributed by atoms with E-state index < -0.39 is 0 Å². The second-order valence-corrected chi connectivity index (χ2v) is 4.70. The van der Waals surface area contributed by atoms with Gasteiger partial charge in [0.05, 0.1) is 0 Å². The van der Waals surface area contributed by atoms with E-state index in [1.54, 1.807) is 4.68 Å². The molecule has 0 aliphatic rings. The van der Waals surface area contributed by atoms with Gasteiger partial charge in [-0.15, -0.1) is 5.10 Å². The average molecular weight is 270 g/mol. The Hall–Kier alpha value is -2.48. The molecule has 20 heavy (non-hydrogen) atoms. The van der Waals surface area contributed by atoms with Crippen LogP contribution < -0.4 is 10.5 Å². The first-order valence-electron chi connectivity index (χ1n) is 6.52. The van der Waals surface area contributed by atoms with Gasteiger partial charge in [-0.05, 0) is 37.5 Å². The van der Waals surface area contributed by atoms with E-state index in [4.69, 9.17) is 15.7 Å². The summed E-state index contributed by atoms with van der Waals surface area (Å²) in [6, 6.07) is 8.18. The molecular formula is C15H18N4O. The van der Waals surface area contributed by atoms with Crippen LogP contribution in [0, 0.1) is 25.2 Å². The fourth-order valence-electron chi connectivity index (χ4n) is 1.94. The van der Waals surface area contributed by atoms with Crippen molar-refractivity contribution in [3.8, 4) is 11.9 Å². The first kappa shape index (κ1) is 13.9. The predicted octanol–water partition coefficient (Wildman–Crippen LogP) is 2.55. The van der Waals surface area contributed by atoms with Crippen molar-refractivity contribution < 1.29 is 4.74 Å². The number of hydrogen-bond donors (Lipinski definition) is 1. The molecular weight excluding hydrogens is 252 g/mol. The molecule has 0 spiro atoms. The van der Waals surface area contributed by atoms with E-state index in [2.05, 4.69) is 31.1 Å². The van der Waals surface area contributed by atoms with Crippen LogP contribution in [-0.4, -0.2) is 9.78 Å². The van der Waals surface area contributed by atoms with Crippen molar-refractivity contribution in [1.82, 2.24) is 9.78 Å². The highest BCUT2D eigenvalue weighted by Gasteiger charge is 2.15. The van der Waals surface area contributed by atoms with Crippen molar-refractivity contribution in [2.45, 2.75) is 33.9 Å². The number of nitriles is 1. The van der Waals surface area contributed by atoms with Crippen LogP contribution in [0.3, 0.4) is 0 Å². The first-order valence-corrected chi connectivity index (χ1v) is 6.52. The summed E-state index contributed by atoms with van der Waals surface area (Å²) in [6.45, 7) is 7.02. The number of aryl methyl sites for hydroxylation is 3. The summed E-state index contributed by atoms with van der Waals surface area (Å²) in [4.78, 5) is 0. The minimum Gasteiger partial charge on any atom is -0.471 e. The van der Waals surface area contributed by atoms with E-state index in [1.165, 1.54) is 11.1 Å². The molecule has 1 heterocycles. The zero-order valence-electron chi connectivity index (χ0n) is 12.0. The number of hydrogen-bond acceptors (Lipinski definition) is 4. The summed E-state index contributed by atoms with van der Waals surface area (Å²) < 4.78 is 7.20. The topological polar surface area (TPSA) is 76.9 Å². The third-order valence-electron chi connectivity index (χ3n) is 3.32. The molecule has 0 fully saturated rings. The molecule has 5 nitrogen and oxygen atoms in total. The van der Waals surface area contributed by atoms with Crippen molar-refractivity contribution in [1.29, 1.82) is 5.26 Å². The lowest BCUT2D eigenvalue weighted by Crippen LogP contribution is -2.02. The molecule has 5 heteroatoms. The number of nitrogens with zero attached hydrogens (tertiary/aromatic N) is 3. The summed E-state index contributed by atoms with van der Waals surface area (Å²) in [5.41, 5.74) is 9.64. The second kappa shape index (κ2) is 5.66. The van der Waals surface area contributed by atoms with E-state index in [0.717, 1.165) is 5.56 Å². The molecule has 0 radical (unpaired) electrons. The quantitative estimate of drug-likeness (QED) is 0.926. The molecule has 0 aliphatic carbocycles. The third-order valence-corrected chi connectivity index (χ3v) is 3.32. The van der Waals surface area contributed by atoms with Crippen LogP contribution in [0.25, 0.3) is 0 Å². The number of nitrogens with two attached hydrogens (primary N) is 1. The maximum Gasteiger partial charge on any atom is 0.253 e. The number of ether oxygens (including phenoxy) is 1.